The molecule has 1 aromatic heterocycles. The van der Waals surface area contributed by atoms with Crippen LogP contribution in [0.1, 0.15) is 35.8 Å². The quantitative estimate of drug-likeness (QED) is 0.823. The molecule has 0 aliphatic carbocycles. The smallest absolute Gasteiger partial charge is 0.253 e. The molecule has 2 heterocycles. The largest absolute Gasteiger partial charge is 0.381 e. The van der Waals surface area contributed by atoms with Crippen molar-refractivity contribution in [2.45, 2.75) is 26.7 Å². The summed E-state index contributed by atoms with van der Waals surface area (Å²) in [5.74, 6) is 0.568. The molecule has 1 saturated heterocycles. The number of benzene rings is 1. The maximum Gasteiger partial charge on any atom is 0.253 e. The van der Waals surface area contributed by atoms with E-state index in [1.165, 1.54) is 0 Å². The fraction of sp³-hybridized carbons (Fsp3) is 0.474. The maximum atomic E-state index is 12.9. The lowest BCUT2D eigenvalue weighted by Gasteiger charge is -2.32. The van der Waals surface area contributed by atoms with Gasteiger partial charge in [0.1, 0.15) is 5.01 Å². The summed E-state index contributed by atoms with van der Waals surface area (Å²) >= 11 is 1.62. The highest BCUT2D eigenvalue weighted by Gasteiger charge is 2.24. The van der Waals surface area contributed by atoms with Gasteiger partial charge in [0, 0.05) is 41.9 Å². The predicted octanol–water partition coefficient (Wildman–Crippen LogP) is 4.01. The molecule has 1 atom stereocenters. The lowest BCUT2D eigenvalue weighted by Crippen LogP contribution is -2.41. The van der Waals surface area contributed by atoms with Gasteiger partial charge >= 0.3 is 0 Å². The van der Waals surface area contributed by atoms with Gasteiger partial charge < -0.3 is 9.64 Å². The zero-order valence-corrected chi connectivity index (χ0v) is 15.1. The third-order valence-electron chi connectivity index (χ3n) is 4.34. The second-order valence-electron chi connectivity index (χ2n) is 6.29. The average molecular weight is 344 g/mol. The summed E-state index contributed by atoms with van der Waals surface area (Å²) in [6.07, 6.45) is 2.19. The van der Waals surface area contributed by atoms with E-state index in [1.54, 1.807) is 11.3 Å². The number of carbonyl (C=O) groups is 1. The van der Waals surface area contributed by atoms with Crippen LogP contribution in [0.25, 0.3) is 10.6 Å². The molecule has 1 aliphatic heterocycles. The molecule has 0 radical (unpaired) electrons. The standard InChI is InChI=1S/C19H24N2O2S/c1-3-23-12-15-6-5-9-21(11-15)19(22)17-8-4-7-16(10-17)18-20-14(2)13-24-18/h4,7-8,10,13,15H,3,5-6,9,11-12H2,1-2H3. The van der Waals surface area contributed by atoms with Crippen molar-refractivity contribution in [2.24, 2.45) is 5.92 Å². The molecule has 1 aromatic carbocycles. The van der Waals surface area contributed by atoms with Crippen molar-refractivity contribution in [1.29, 1.82) is 0 Å². The van der Waals surface area contributed by atoms with Crippen LogP contribution in [0.3, 0.4) is 0 Å². The first kappa shape index (κ1) is 17.1. The third-order valence-corrected chi connectivity index (χ3v) is 5.35. The molecule has 0 spiro atoms. The Kier molecular flexibility index (Phi) is 5.63. The van der Waals surface area contributed by atoms with Gasteiger partial charge in [-0.2, -0.15) is 0 Å². The van der Waals surface area contributed by atoms with Gasteiger partial charge in [-0.05, 0) is 44.7 Å². The van der Waals surface area contributed by atoms with Crippen molar-refractivity contribution < 1.29 is 9.53 Å². The number of thiazole rings is 1. The molecule has 1 aliphatic rings. The maximum absolute atomic E-state index is 12.9. The minimum atomic E-state index is 0.117. The Morgan fingerprint density at radius 1 is 1.46 bits per heavy atom. The highest BCUT2D eigenvalue weighted by atomic mass is 32.1. The highest BCUT2D eigenvalue weighted by molar-refractivity contribution is 7.13. The molecule has 5 heteroatoms. The van der Waals surface area contributed by atoms with Crippen LogP contribution < -0.4 is 0 Å². The number of hydrogen-bond donors (Lipinski definition) is 0. The number of aromatic nitrogens is 1. The van der Waals surface area contributed by atoms with Crippen molar-refractivity contribution >= 4 is 17.2 Å². The number of piperidine rings is 1. The highest BCUT2D eigenvalue weighted by Crippen LogP contribution is 2.25. The first-order valence-corrected chi connectivity index (χ1v) is 9.45. The molecule has 0 bridgehead atoms. The molecule has 3 rings (SSSR count). The number of rotatable bonds is 5. The summed E-state index contributed by atoms with van der Waals surface area (Å²) in [6, 6.07) is 7.83. The molecule has 0 saturated carbocycles. The second kappa shape index (κ2) is 7.90. The molecule has 4 nitrogen and oxygen atoms in total. The van der Waals surface area contributed by atoms with E-state index in [1.807, 2.05) is 48.4 Å². The van der Waals surface area contributed by atoms with Crippen LogP contribution in [-0.4, -0.2) is 42.1 Å². The fourth-order valence-electron chi connectivity index (χ4n) is 3.12. The van der Waals surface area contributed by atoms with E-state index in [4.69, 9.17) is 4.74 Å². The Bertz CT molecular complexity index is 698. The van der Waals surface area contributed by atoms with E-state index in [9.17, 15) is 4.79 Å². The number of carbonyl (C=O) groups excluding carboxylic acids is 1. The molecule has 24 heavy (non-hydrogen) atoms. The van der Waals surface area contributed by atoms with E-state index >= 15 is 0 Å². The molecule has 1 unspecified atom stereocenters. The van der Waals surface area contributed by atoms with Gasteiger partial charge in [-0.3, -0.25) is 4.79 Å². The molecule has 1 amide bonds. The topological polar surface area (TPSA) is 42.4 Å². The molecule has 1 fully saturated rings. The normalized spacial score (nSPS) is 17.9. The SMILES string of the molecule is CCOCC1CCCN(C(=O)c2cccc(-c3nc(C)cs3)c2)C1. The van der Waals surface area contributed by atoms with Crippen molar-refractivity contribution in [2.75, 3.05) is 26.3 Å². The van der Waals surface area contributed by atoms with Gasteiger partial charge in [0.25, 0.3) is 5.91 Å². The number of hydrogen-bond acceptors (Lipinski definition) is 4. The van der Waals surface area contributed by atoms with Gasteiger partial charge in [0.15, 0.2) is 0 Å². The van der Waals surface area contributed by atoms with Crippen molar-refractivity contribution in [1.82, 2.24) is 9.88 Å². The predicted molar refractivity (Wildman–Crippen MR) is 97.4 cm³/mol. The van der Waals surface area contributed by atoms with Crippen molar-refractivity contribution in [3.8, 4) is 10.6 Å². The van der Waals surface area contributed by atoms with Gasteiger partial charge in [-0.25, -0.2) is 4.98 Å². The zero-order chi connectivity index (χ0) is 16.9. The summed E-state index contributed by atoms with van der Waals surface area (Å²) in [6.45, 7) is 7.11. The summed E-state index contributed by atoms with van der Waals surface area (Å²) in [5.41, 5.74) is 2.78. The van der Waals surface area contributed by atoms with Crippen LogP contribution in [0, 0.1) is 12.8 Å². The molecule has 128 valence electrons. The van der Waals surface area contributed by atoms with E-state index in [0.29, 0.717) is 5.92 Å². The Labute approximate surface area is 147 Å². The number of ether oxygens (including phenoxy) is 1. The summed E-state index contributed by atoms with van der Waals surface area (Å²) in [5, 5.41) is 3.00. The minimum Gasteiger partial charge on any atom is -0.381 e. The number of amides is 1. The van der Waals surface area contributed by atoms with E-state index < -0.39 is 0 Å². The average Bonchev–Trinajstić information content (AvgIpc) is 3.06. The van der Waals surface area contributed by atoms with Gasteiger partial charge in [-0.1, -0.05) is 12.1 Å². The monoisotopic (exact) mass is 344 g/mol. The van der Waals surface area contributed by atoms with Crippen LogP contribution in [0.4, 0.5) is 0 Å². The van der Waals surface area contributed by atoms with E-state index in [0.717, 1.165) is 61.0 Å². The Hall–Kier alpha value is -1.72. The Balaban J connectivity index is 1.72. The Morgan fingerprint density at radius 3 is 3.08 bits per heavy atom. The zero-order valence-electron chi connectivity index (χ0n) is 14.3. The number of likely N-dealkylation sites (tertiary alicyclic amines) is 1. The van der Waals surface area contributed by atoms with Gasteiger partial charge in [0.05, 0.1) is 6.61 Å². The van der Waals surface area contributed by atoms with Crippen LogP contribution in [0.2, 0.25) is 0 Å². The summed E-state index contributed by atoms with van der Waals surface area (Å²) < 4.78 is 5.54. The van der Waals surface area contributed by atoms with Crippen LogP contribution in [0.15, 0.2) is 29.6 Å². The van der Waals surface area contributed by atoms with Gasteiger partial charge in [-0.15, -0.1) is 11.3 Å². The van der Waals surface area contributed by atoms with Crippen LogP contribution in [-0.2, 0) is 4.74 Å². The lowest BCUT2D eigenvalue weighted by molar-refractivity contribution is 0.0501. The van der Waals surface area contributed by atoms with Crippen LogP contribution in [0.5, 0.6) is 0 Å². The first-order chi connectivity index (χ1) is 11.7. The Morgan fingerprint density at radius 2 is 2.33 bits per heavy atom. The van der Waals surface area contributed by atoms with Crippen molar-refractivity contribution in [3.05, 3.63) is 40.9 Å². The minimum absolute atomic E-state index is 0.117. The molecule has 2 aromatic rings. The molecule has 0 N–H and O–H groups in total. The van der Waals surface area contributed by atoms with E-state index in [2.05, 4.69) is 4.98 Å². The second-order valence-corrected chi connectivity index (χ2v) is 7.15. The van der Waals surface area contributed by atoms with Gasteiger partial charge in [0.2, 0.25) is 0 Å². The third kappa shape index (κ3) is 4.02. The van der Waals surface area contributed by atoms with Crippen molar-refractivity contribution in [3.63, 3.8) is 0 Å². The lowest BCUT2D eigenvalue weighted by atomic mass is 9.98. The first-order valence-electron chi connectivity index (χ1n) is 8.57. The molecular weight excluding hydrogens is 320 g/mol. The molecular formula is C19H24N2O2S. The summed E-state index contributed by atoms with van der Waals surface area (Å²) in [4.78, 5) is 19.4. The summed E-state index contributed by atoms with van der Waals surface area (Å²) in [7, 11) is 0. The number of nitrogens with zero attached hydrogens (tertiary/aromatic N) is 2. The number of aryl methyl sites for hydroxylation is 1. The van der Waals surface area contributed by atoms with Crippen LogP contribution >= 0.6 is 11.3 Å². The van der Waals surface area contributed by atoms with E-state index in [-0.39, 0.29) is 5.91 Å². The fourth-order valence-corrected chi connectivity index (χ4v) is 3.92.